The summed E-state index contributed by atoms with van der Waals surface area (Å²) in [5.41, 5.74) is 0.0478. The summed E-state index contributed by atoms with van der Waals surface area (Å²) in [5.74, 6) is -3.85. The quantitative estimate of drug-likeness (QED) is 0.628. The molecular formula is C22H19ClFN3O4. The summed E-state index contributed by atoms with van der Waals surface area (Å²) in [6, 6.07) is 9.58. The number of fused-ring (bicyclic) bond motifs is 4. The molecule has 3 N–H and O–H groups in total. The van der Waals surface area contributed by atoms with Crippen LogP contribution in [0.2, 0.25) is 5.02 Å². The van der Waals surface area contributed by atoms with Crippen LogP contribution in [0, 0.1) is 17.7 Å². The van der Waals surface area contributed by atoms with Gasteiger partial charge < -0.3 is 10.4 Å². The summed E-state index contributed by atoms with van der Waals surface area (Å²) in [5, 5.41) is 16.7. The molecule has 0 aliphatic carbocycles. The SMILES string of the molecule is CC(O)C1NC2(C(=O)Nc3ccc(Cl)cc32)[C@H]2C(=O)N(Cc3ccc(F)cc3)C(=O)[C@@H]12. The number of amides is 3. The van der Waals surface area contributed by atoms with Crippen molar-refractivity contribution in [2.75, 3.05) is 5.32 Å². The minimum Gasteiger partial charge on any atom is -0.392 e. The van der Waals surface area contributed by atoms with Gasteiger partial charge in [0.15, 0.2) is 0 Å². The number of aliphatic hydroxyl groups is 1. The Morgan fingerprint density at radius 1 is 1.16 bits per heavy atom. The molecule has 160 valence electrons. The van der Waals surface area contributed by atoms with E-state index >= 15 is 0 Å². The Kier molecular flexibility index (Phi) is 4.44. The molecule has 7 nitrogen and oxygen atoms in total. The molecule has 5 atom stereocenters. The molecule has 0 saturated carbocycles. The summed E-state index contributed by atoms with van der Waals surface area (Å²) in [7, 11) is 0. The van der Waals surface area contributed by atoms with Gasteiger partial charge in [-0.1, -0.05) is 23.7 Å². The van der Waals surface area contributed by atoms with Crippen LogP contribution in [0.5, 0.6) is 0 Å². The summed E-state index contributed by atoms with van der Waals surface area (Å²) in [6.45, 7) is 1.47. The van der Waals surface area contributed by atoms with Crippen LogP contribution in [-0.2, 0) is 26.5 Å². The van der Waals surface area contributed by atoms with Crippen LogP contribution in [0.15, 0.2) is 42.5 Å². The van der Waals surface area contributed by atoms with Crippen molar-refractivity contribution in [1.29, 1.82) is 0 Å². The zero-order valence-corrected chi connectivity index (χ0v) is 17.2. The zero-order valence-electron chi connectivity index (χ0n) is 16.4. The second-order valence-corrected chi connectivity index (χ2v) is 8.69. The number of nitrogens with zero attached hydrogens (tertiary/aromatic N) is 1. The maximum Gasteiger partial charge on any atom is 0.250 e. The number of aliphatic hydroxyl groups excluding tert-OH is 1. The van der Waals surface area contributed by atoms with Crippen molar-refractivity contribution < 1.29 is 23.9 Å². The van der Waals surface area contributed by atoms with Crippen LogP contribution in [0.25, 0.3) is 0 Å². The van der Waals surface area contributed by atoms with Crippen molar-refractivity contribution in [3.8, 4) is 0 Å². The molecule has 2 saturated heterocycles. The molecular weight excluding hydrogens is 425 g/mol. The highest BCUT2D eigenvalue weighted by Gasteiger charge is 2.71. The summed E-state index contributed by atoms with van der Waals surface area (Å²) < 4.78 is 13.3. The van der Waals surface area contributed by atoms with Gasteiger partial charge in [0.2, 0.25) is 17.7 Å². The number of imide groups is 1. The van der Waals surface area contributed by atoms with Gasteiger partial charge >= 0.3 is 0 Å². The van der Waals surface area contributed by atoms with Crippen LogP contribution in [0.4, 0.5) is 10.1 Å². The smallest absolute Gasteiger partial charge is 0.250 e. The lowest BCUT2D eigenvalue weighted by atomic mass is 9.76. The van der Waals surface area contributed by atoms with E-state index in [1.807, 2.05) is 0 Å². The Morgan fingerprint density at radius 2 is 1.87 bits per heavy atom. The molecule has 5 rings (SSSR count). The molecule has 1 spiro atoms. The van der Waals surface area contributed by atoms with Crippen LogP contribution in [0.1, 0.15) is 18.1 Å². The molecule has 0 radical (unpaired) electrons. The normalized spacial score (nSPS) is 30.0. The molecule has 2 fully saturated rings. The summed E-state index contributed by atoms with van der Waals surface area (Å²) in [6.07, 6.45) is -0.995. The predicted octanol–water partition coefficient (Wildman–Crippen LogP) is 1.78. The number of benzene rings is 2. The third kappa shape index (κ3) is 2.75. The van der Waals surface area contributed by atoms with E-state index in [2.05, 4.69) is 10.6 Å². The number of hydrogen-bond acceptors (Lipinski definition) is 5. The van der Waals surface area contributed by atoms with Gasteiger partial charge in [-0.15, -0.1) is 0 Å². The number of halogens is 2. The van der Waals surface area contributed by atoms with Crippen LogP contribution >= 0.6 is 11.6 Å². The average molecular weight is 444 g/mol. The number of rotatable bonds is 3. The number of nitrogens with one attached hydrogen (secondary N) is 2. The molecule has 31 heavy (non-hydrogen) atoms. The van der Waals surface area contributed by atoms with Gasteiger partial charge in [0.25, 0.3) is 0 Å². The predicted molar refractivity (Wildman–Crippen MR) is 109 cm³/mol. The molecule has 9 heteroatoms. The first-order chi connectivity index (χ1) is 14.7. The molecule has 3 amide bonds. The van der Waals surface area contributed by atoms with Gasteiger partial charge in [-0.2, -0.15) is 0 Å². The van der Waals surface area contributed by atoms with E-state index in [-0.39, 0.29) is 6.54 Å². The lowest BCUT2D eigenvalue weighted by Crippen LogP contribution is -2.54. The fourth-order valence-corrected chi connectivity index (χ4v) is 5.28. The fraction of sp³-hybridized carbons (Fsp3) is 0.318. The Bertz CT molecular complexity index is 1120. The van der Waals surface area contributed by atoms with Gasteiger partial charge in [0, 0.05) is 22.3 Å². The first kappa shape index (κ1) is 20.1. The van der Waals surface area contributed by atoms with Crippen molar-refractivity contribution in [2.45, 2.75) is 31.2 Å². The van der Waals surface area contributed by atoms with Crippen molar-refractivity contribution >= 4 is 35.0 Å². The second kappa shape index (κ2) is 6.85. The number of anilines is 1. The van der Waals surface area contributed by atoms with E-state index in [0.717, 1.165) is 4.90 Å². The van der Waals surface area contributed by atoms with E-state index in [9.17, 15) is 23.9 Å². The average Bonchev–Trinajstić information content (AvgIpc) is 3.31. The topological polar surface area (TPSA) is 98.7 Å². The number of likely N-dealkylation sites (tertiary alicyclic amines) is 1. The summed E-state index contributed by atoms with van der Waals surface area (Å²) >= 11 is 6.18. The fourth-order valence-electron chi connectivity index (χ4n) is 5.11. The highest BCUT2D eigenvalue weighted by Crippen LogP contribution is 2.53. The molecule has 3 unspecified atom stereocenters. The van der Waals surface area contributed by atoms with Crippen molar-refractivity contribution in [2.24, 2.45) is 11.8 Å². The van der Waals surface area contributed by atoms with Crippen molar-refractivity contribution in [3.05, 3.63) is 64.4 Å². The van der Waals surface area contributed by atoms with E-state index in [4.69, 9.17) is 11.6 Å². The van der Waals surface area contributed by atoms with E-state index in [1.54, 1.807) is 18.2 Å². The van der Waals surface area contributed by atoms with Crippen LogP contribution in [0.3, 0.4) is 0 Å². The molecule has 0 bridgehead atoms. The third-order valence-corrected chi connectivity index (χ3v) is 6.71. The minimum absolute atomic E-state index is 0.0441. The van der Waals surface area contributed by atoms with E-state index in [1.165, 1.54) is 31.2 Å². The Labute approximate surface area is 182 Å². The number of carbonyl (C=O) groups is 3. The summed E-state index contributed by atoms with van der Waals surface area (Å²) in [4.78, 5) is 41.2. The lowest BCUT2D eigenvalue weighted by molar-refractivity contribution is -0.143. The Morgan fingerprint density at radius 3 is 2.55 bits per heavy atom. The van der Waals surface area contributed by atoms with Crippen molar-refractivity contribution in [1.82, 2.24) is 10.2 Å². The van der Waals surface area contributed by atoms with Crippen LogP contribution in [-0.4, -0.2) is 39.9 Å². The van der Waals surface area contributed by atoms with Crippen molar-refractivity contribution in [3.63, 3.8) is 0 Å². The highest BCUT2D eigenvalue weighted by atomic mass is 35.5. The Hall–Kier alpha value is -2.81. The maximum absolute atomic E-state index is 13.5. The maximum atomic E-state index is 13.5. The minimum atomic E-state index is -1.52. The van der Waals surface area contributed by atoms with E-state index < -0.39 is 53.1 Å². The molecule has 3 aliphatic rings. The first-order valence-electron chi connectivity index (χ1n) is 9.91. The van der Waals surface area contributed by atoms with E-state index in [0.29, 0.717) is 21.8 Å². The third-order valence-electron chi connectivity index (χ3n) is 6.48. The highest BCUT2D eigenvalue weighted by molar-refractivity contribution is 6.31. The Balaban J connectivity index is 1.61. The van der Waals surface area contributed by atoms with Gasteiger partial charge in [-0.3, -0.25) is 24.6 Å². The number of hydrogen-bond donors (Lipinski definition) is 3. The zero-order chi connectivity index (χ0) is 22.1. The monoisotopic (exact) mass is 443 g/mol. The van der Waals surface area contributed by atoms with Gasteiger partial charge in [-0.05, 0) is 42.8 Å². The molecule has 2 aromatic rings. The van der Waals surface area contributed by atoms with Gasteiger partial charge in [0.1, 0.15) is 11.4 Å². The standard InChI is InChI=1S/C22H19ClFN3O4/c1-10(28)18-16-17(20(30)27(19(16)29)9-11-2-5-13(24)6-3-11)22(26-18)14-8-12(23)4-7-15(14)25-21(22)31/h2-8,10,16-18,26,28H,9H2,1H3,(H,25,31)/t10?,16-,17-,18?,22?/m1/s1. The molecule has 2 aromatic carbocycles. The second-order valence-electron chi connectivity index (χ2n) is 8.26. The number of carbonyl (C=O) groups excluding carboxylic acids is 3. The van der Waals surface area contributed by atoms with Crippen LogP contribution < -0.4 is 10.6 Å². The van der Waals surface area contributed by atoms with Gasteiger partial charge in [0.05, 0.1) is 24.5 Å². The first-order valence-corrected chi connectivity index (χ1v) is 10.3. The molecule has 3 heterocycles. The van der Waals surface area contributed by atoms with Gasteiger partial charge in [-0.25, -0.2) is 4.39 Å². The molecule has 0 aromatic heterocycles. The largest absolute Gasteiger partial charge is 0.392 e. The lowest BCUT2D eigenvalue weighted by Gasteiger charge is -2.30. The molecule has 3 aliphatic heterocycles.